The Morgan fingerprint density at radius 2 is 1.91 bits per heavy atom. The van der Waals surface area contributed by atoms with Crippen molar-refractivity contribution in [3.05, 3.63) is 50.7 Å². The number of carbonyl (C=O) groups is 1. The molecule has 3 N–H and O–H groups in total. The molecule has 0 saturated heterocycles. The van der Waals surface area contributed by atoms with Crippen molar-refractivity contribution in [3.63, 3.8) is 0 Å². The number of rotatable bonds is 4. The maximum atomic E-state index is 11.0. The molecule has 9 heteroatoms. The van der Waals surface area contributed by atoms with E-state index in [0.29, 0.717) is 5.56 Å². The average Bonchev–Trinajstić information content (AvgIpc) is 2.48. The number of hydrogen-bond acceptors (Lipinski definition) is 5. The Kier molecular flexibility index (Phi) is 5.07. The van der Waals surface area contributed by atoms with E-state index in [4.69, 9.17) is 39.9 Å². The van der Waals surface area contributed by atoms with Crippen LogP contribution in [-0.2, 0) is 0 Å². The lowest BCUT2D eigenvalue weighted by molar-refractivity contribution is 0.0691. The highest BCUT2D eigenvalue weighted by Gasteiger charge is 2.20. The molecule has 0 bridgehead atoms. The first-order valence-corrected chi connectivity index (χ1v) is 6.90. The fraction of sp³-hybridized carbons (Fsp3) is 0. The minimum atomic E-state index is -1.35. The number of pyridine rings is 1. The fourth-order valence-corrected chi connectivity index (χ4v) is 2.18. The zero-order valence-electron chi connectivity index (χ0n) is 10.7. The van der Waals surface area contributed by atoms with Gasteiger partial charge in [-0.15, -0.1) is 0 Å². The highest BCUT2D eigenvalue weighted by molar-refractivity contribution is 6.46. The summed E-state index contributed by atoms with van der Waals surface area (Å²) in [6.45, 7) is 0. The number of aromatic hydroxyl groups is 1. The van der Waals surface area contributed by atoms with Gasteiger partial charge in [-0.3, -0.25) is 5.43 Å². The van der Waals surface area contributed by atoms with Crippen LogP contribution < -0.4 is 5.43 Å². The summed E-state index contributed by atoms with van der Waals surface area (Å²) in [4.78, 5) is 14.6. The molecule has 2 rings (SSSR count). The molecular formula is C13H8Cl3N3O3. The summed E-state index contributed by atoms with van der Waals surface area (Å²) in [6, 6.07) is 6.50. The number of hydrazone groups is 1. The van der Waals surface area contributed by atoms with Gasteiger partial charge in [-0.05, 0) is 12.1 Å². The van der Waals surface area contributed by atoms with Crippen LogP contribution >= 0.6 is 34.8 Å². The lowest BCUT2D eigenvalue weighted by atomic mass is 10.2. The smallest absolute Gasteiger partial charge is 0.356 e. The standard InChI is InChI=1S/C13H8Cl3N3O3/c14-8-10(9(15)12(16)18-11(8)13(21)22)19-17-5-6-3-1-2-4-7(6)20/h1-5,20H,(H,18,19)(H,21,22)/b17-5+. The summed E-state index contributed by atoms with van der Waals surface area (Å²) in [5, 5.41) is 21.9. The molecule has 1 aromatic carbocycles. The molecule has 6 nitrogen and oxygen atoms in total. The van der Waals surface area contributed by atoms with Crippen LogP contribution in [0.25, 0.3) is 0 Å². The minimum absolute atomic E-state index is 0.00686. The van der Waals surface area contributed by atoms with Gasteiger partial charge in [0.2, 0.25) is 0 Å². The molecule has 0 radical (unpaired) electrons. The van der Waals surface area contributed by atoms with E-state index in [2.05, 4.69) is 15.5 Å². The summed E-state index contributed by atoms with van der Waals surface area (Å²) >= 11 is 17.6. The Hall–Kier alpha value is -2.02. The first-order valence-electron chi connectivity index (χ1n) is 5.76. The van der Waals surface area contributed by atoms with Crippen molar-refractivity contribution in [3.8, 4) is 5.75 Å². The number of phenols is 1. The van der Waals surface area contributed by atoms with Gasteiger partial charge >= 0.3 is 5.97 Å². The maximum Gasteiger partial charge on any atom is 0.356 e. The van der Waals surface area contributed by atoms with Gasteiger partial charge in [0.15, 0.2) is 10.8 Å². The minimum Gasteiger partial charge on any atom is -0.507 e. The number of halogens is 3. The zero-order valence-corrected chi connectivity index (χ0v) is 13.0. The molecular weight excluding hydrogens is 353 g/mol. The van der Waals surface area contributed by atoms with Crippen molar-refractivity contribution in [2.75, 3.05) is 5.43 Å². The Balaban J connectivity index is 2.34. The first kappa shape index (κ1) is 16.4. The van der Waals surface area contributed by atoms with Crippen LogP contribution in [0, 0.1) is 0 Å². The summed E-state index contributed by atoms with van der Waals surface area (Å²) in [6.07, 6.45) is 1.32. The van der Waals surface area contributed by atoms with Gasteiger partial charge in [-0.2, -0.15) is 5.10 Å². The lowest BCUT2D eigenvalue weighted by Gasteiger charge is -2.09. The molecule has 0 atom stereocenters. The predicted molar refractivity (Wildman–Crippen MR) is 85.5 cm³/mol. The van der Waals surface area contributed by atoms with Crippen molar-refractivity contribution in [2.24, 2.45) is 5.10 Å². The fourth-order valence-electron chi connectivity index (χ4n) is 1.52. The van der Waals surface area contributed by atoms with Gasteiger partial charge in [-0.1, -0.05) is 46.9 Å². The number of carboxylic acids is 1. The van der Waals surface area contributed by atoms with Gasteiger partial charge in [0, 0.05) is 5.56 Å². The number of hydrogen-bond donors (Lipinski definition) is 3. The number of nitrogens with one attached hydrogen (secondary N) is 1. The molecule has 0 saturated carbocycles. The number of para-hydroxylation sites is 1. The van der Waals surface area contributed by atoms with Crippen molar-refractivity contribution in [1.29, 1.82) is 0 Å². The Morgan fingerprint density at radius 1 is 1.23 bits per heavy atom. The molecule has 0 fully saturated rings. The van der Waals surface area contributed by atoms with Gasteiger partial charge < -0.3 is 10.2 Å². The first-order chi connectivity index (χ1) is 10.4. The second-order valence-electron chi connectivity index (χ2n) is 3.99. The molecule has 0 amide bonds. The summed E-state index contributed by atoms with van der Waals surface area (Å²) < 4.78 is 0. The van der Waals surface area contributed by atoms with E-state index >= 15 is 0 Å². The molecule has 1 heterocycles. The molecule has 0 unspecified atom stereocenters. The molecule has 22 heavy (non-hydrogen) atoms. The average molecular weight is 361 g/mol. The van der Waals surface area contributed by atoms with Crippen molar-refractivity contribution < 1.29 is 15.0 Å². The van der Waals surface area contributed by atoms with Crippen molar-refractivity contribution in [2.45, 2.75) is 0 Å². The molecule has 1 aromatic heterocycles. The third-order valence-electron chi connectivity index (χ3n) is 2.56. The third kappa shape index (κ3) is 3.41. The highest BCUT2D eigenvalue weighted by atomic mass is 35.5. The monoisotopic (exact) mass is 359 g/mol. The second-order valence-corrected chi connectivity index (χ2v) is 5.10. The van der Waals surface area contributed by atoms with E-state index in [0.717, 1.165) is 0 Å². The molecule has 0 aliphatic heterocycles. The molecule has 0 aliphatic carbocycles. The Morgan fingerprint density at radius 3 is 2.55 bits per heavy atom. The van der Waals surface area contributed by atoms with Crippen LogP contribution in [0.2, 0.25) is 15.2 Å². The van der Waals surface area contributed by atoms with Crippen LogP contribution in [0.15, 0.2) is 29.4 Å². The highest BCUT2D eigenvalue weighted by Crippen LogP contribution is 2.36. The second kappa shape index (κ2) is 6.83. The summed E-state index contributed by atoms with van der Waals surface area (Å²) in [5.41, 5.74) is 2.50. The van der Waals surface area contributed by atoms with Crippen LogP contribution in [-0.4, -0.2) is 27.4 Å². The summed E-state index contributed by atoms with van der Waals surface area (Å²) in [5.74, 6) is -1.32. The summed E-state index contributed by atoms with van der Waals surface area (Å²) in [7, 11) is 0. The van der Waals surface area contributed by atoms with Crippen LogP contribution in [0.1, 0.15) is 16.1 Å². The third-order valence-corrected chi connectivity index (χ3v) is 3.66. The number of aromatic nitrogens is 1. The van der Waals surface area contributed by atoms with Gasteiger partial charge in [0.25, 0.3) is 0 Å². The zero-order chi connectivity index (χ0) is 16.3. The van der Waals surface area contributed by atoms with E-state index in [9.17, 15) is 9.90 Å². The normalized spacial score (nSPS) is 10.9. The maximum absolute atomic E-state index is 11.0. The van der Waals surface area contributed by atoms with E-state index in [-0.39, 0.29) is 26.6 Å². The topological polar surface area (TPSA) is 94.8 Å². The van der Waals surface area contributed by atoms with Crippen molar-refractivity contribution in [1.82, 2.24) is 4.98 Å². The van der Waals surface area contributed by atoms with Gasteiger partial charge in [-0.25, -0.2) is 9.78 Å². The molecule has 114 valence electrons. The Labute approximate surface area is 140 Å². The number of anilines is 1. The largest absolute Gasteiger partial charge is 0.507 e. The number of phenolic OH excluding ortho intramolecular Hbond substituents is 1. The van der Waals surface area contributed by atoms with E-state index in [1.807, 2.05) is 0 Å². The number of carboxylic acid groups (broad SMARTS) is 1. The number of nitrogens with zero attached hydrogens (tertiary/aromatic N) is 2. The number of benzene rings is 1. The SMILES string of the molecule is O=C(O)c1nc(Cl)c(Cl)c(N/N=C/c2ccccc2O)c1Cl. The predicted octanol–water partition coefficient (Wildman–Crippen LogP) is 3.89. The van der Waals surface area contributed by atoms with E-state index < -0.39 is 11.7 Å². The van der Waals surface area contributed by atoms with Crippen LogP contribution in [0.4, 0.5) is 5.69 Å². The van der Waals surface area contributed by atoms with Gasteiger partial charge in [0.05, 0.1) is 11.9 Å². The molecule has 0 spiro atoms. The Bertz CT molecular complexity index is 766. The molecule has 0 aliphatic rings. The van der Waals surface area contributed by atoms with E-state index in [1.165, 1.54) is 12.3 Å². The number of aromatic carboxylic acids is 1. The van der Waals surface area contributed by atoms with E-state index in [1.54, 1.807) is 18.2 Å². The van der Waals surface area contributed by atoms with Crippen LogP contribution in [0.5, 0.6) is 5.75 Å². The van der Waals surface area contributed by atoms with Gasteiger partial charge in [0.1, 0.15) is 15.8 Å². The lowest BCUT2D eigenvalue weighted by Crippen LogP contribution is -2.05. The van der Waals surface area contributed by atoms with Crippen molar-refractivity contribution >= 4 is 52.7 Å². The molecule has 2 aromatic rings. The van der Waals surface area contributed by atoms with Crippen LogP contribution in [0.3, 0.4) is 0 Å². The quantitative estimate of drug-likeness (QED) is 0.437.